The predicted octanol–water partition coefficient (Wildman–Crippen LogP) is 5.77. The van der Waals surface area contributed by atoms with E-state index in [4.69, 9.17) is 4.74 Å². The molecule has 0 aliphatic carbocycles. The molecule has 21 heavy (non-hydrogen) atoms. The standard InChI is InChI=1S/C20H12O/c1-2-8-15-13(5-1)11-12-17-16-9-3-6-14-7-4-10-18(19(14)16)21-20(15)17/h1-12H. The Morgan fingerprint density at radius 1 is 0.571 bits per heavy atom. The largest absolute Gasteiger partial charge is 0.455 e. The number of hydrogen-bond acceptors (Lipinski definition) is 1. The molecule has 5 rings (SSSR count). The topological polar surface area (TPSA) is 9.23 Å². The minimum absolute atomic E-state index is 0.951. The van der Waals surface area contributed by atoms with Crippen LogP contribution in [0.1, 0.15) is 0 Å². The van der Waals surface area contributed by atoms with Crippen LogP contribution in [0.5, 0.6) is 11.5 Å². The smallest absolute Gasteiger partial charge is 0.143 e. The van der Waals surface area contributed by atoms with E-state index >= 15 is 0 Å². The number of hydrogen-bond donors (Lipinski definition) is 0. The minimum atomic E-state index is 0.951. The van der Waals surface area contributed by atoms with Gasteiger partial charge in [-0.15, -0.1) is 0 Å². The normalized spacial score (nSPS) is 12.2. The van der Waals surface area contributed by atoms with Crippen molar-refractivity contribution in [2.24, 2.45) is 0 Å². The molecular weight excluding hydrogens is 256 g/mol. The summed E-state index contributed by atoms with van der Waals surface area (Å²) in [6, 6.07) is 25.4. The van der Waals surface area contributed by atoms with Gasteiger partial charge in [0.15, 0.2) is 0 Å². The molecule has 98 valence electrons. The van der Waals surface area contributed by atoms with Crippen LogP contribution in [-0.4, -0.2) is 0 Å². The maximum absolute atomic E-state index is 6.26. The van der Waals surface area contributed by atoms with Gasteiger partial charge in [-0.25, -0.2) is 0 Å². The van der Waals surface area contributed by atoms with E-state index in [0.29, 0.717) is 0 Å². The molecule has 0 saturated heterocycles. The molecule has 1 aliphatic rings. The first-order valence-electron chi connectivity index (χ1n) is 7.13. The van der Waals surface area contributed by atoms with E-state index in [-0.39, 0.29) is 0 Å². The third-order valence-electron chi connectivity index (χ3n) is 4.25. The molecule has 1 heteroatoms. The van der Waals surface area contributed by atoms with Crippen LogP contribution in [0.2, 0.25) is 0 Å². The van der Waals surface area contributed by atoms with Gasteiger partial charge in [0.25, 0.3) is 0 Å². The molecule has 0 radical (unpaired) electrons. The molecule has 0 fully saturated rings. The number of fused-ring (bicyclic) bond motifs is 4. The number of ether oxygens (including phenoxy) is 1. The van der Waals surface area contributed by atoms with E-state index in [1.165, 1.54) is 32.7 Å². The van der Waals surface area contributed by atoms with Crippen molar-refractivity contribution >= 4 is 21.5 Å². The average molecular weight is 268 g/mol. The van der Waals surface area contributed by atoms with Gasteiger partial charge in [-0.05, 0) is 28.5 Å². The van der Waals surface area contributed by atoms with Crippen molar-refractivity contribution in [1.82, 2.24) is 0 Å². The quantitative estimate of drug-likeness (QED) is 0.346. The Morgan fingerprint density at radius 3 is 2.33 bits per heavy atom. The fraction of sp³-hybridized carbons (Fsp3) is 0. The van der Waals surface area contributed by atoms with Crippen molar-refractivity contribution in [2.75, 3.05) is 0 Å². The zero-order valence-corrected chi connectivity index (χ0v) is 11.3. The van der Waals surface area contributed by atoms with Crippen molar-refractivity contribution in [3.8, 4) is 22.6 Å². The Hall–Kier alpha value is -2.80. The summed E-state index contributed by atoms with van der Waals surface area (Å²) in [4.78, 5) is 0. The van der Waals surface area contributed by atoms with E-state index in [0.717, 1.165) is 11.5 Å². The summed E-state index contributed by atoms with van der Waals surface area (Å²) in [5, 5.41) is 4.82. The van der Waals surface area contributed by atoms with Crippen molar-refractivity contribution in [3.05, 3.63) is 72.8 Å². The summed E-state index contributed by atoms with van der Waals surface area (Å²) < 4.78 is 6.26. The van der Waals surface area contributed by atoms with Crippen LogP contribution >= 0.6 is 0 Å². The lowest BCUT2D eigenvalue weighted by Gasteiger charge is -2.22. The highest BCUT2D eigenvalue weighted by atomic mass is 16.5. The molecule has 1 aliphatic heterocycles. The molecule has 0 bridgehead atoms. The van der Waals surface area contributed by atoms with Crippen LogP contribution in [0.3, 0.4) is 0 Å². The van der Waals surface area contributed by atoms with E-state index in [9.17, 15) is 0 Å². The Bertz CT molecular complexity index is 1010. The van der Waals surface area contributed by atoms with E-state index < -0.39 is 0 Å². The van der Waals surface area contributed by atoms with E-state index in [2.05, 4.69) is 72.8 Å². The molecule has 4 aromatic rings. The lowest BCUT2D eigenvalue weighted by Crippen LogP contribution is -1.97. The average Bonchev–Trinajstić information content (AvgIpc) is 2.55. The maximum atomic E-state index is 6.26. The highest BCUT2D eigenvalue weighted by Gasteiger charge is 2.21. The molecule has 0 spiro atoms. The van der Waals surface area contributed by atoms with Crippen molar-refractivity contribution in [1.29, 1.82) is 0 Å². The van der Waals surface area contributed by atoms with Crippen LogP contribution in [0, 0.1) is 0 Å². The second kappa shape index (κ2) is 3.86. The SMILES string of the molecule is c1ccc2c3c(ccc2c1)-c1cccc2cccc(c12)O3. The first kappa shape index (κ1) is 10.9. The minimum Gasteiger partial charge on any atom is -0.455 e. The molecule has 4 aromatic carbocycles. The first-order valence-corrected chi connectivity index (χ1v) is 7.13. The van der Waals surface area contributed by atoms with Crippen LogP contribution in [0.15, 0.2) is 72.8 Å². The zero-order valence-electron chi connectivity index (χ0n) is 11.3. The Balaban J connectivity index is 1.98. The fourth-order valence-corrected chi connectivity index (χ4v) is 3.29. The lowest BCUT2D eigenvalue weighted by atomic mass is 9.93. The fourth-order valence-electron chi connectivity index (χ4n) is 3.29. The zero-order chi connectivity index (χ0) is 13.8. The predicted molar refractivity (Wildman–Crippen MR) is 87.0 cm³/mol. The van der Waals surface area contributed by atoms with Gasteiger partial charge in [0, 0.05) is 16.3 Å². The van der Waals surface area contributed by atoms with Crippen molar-refractivity contribution in [3.63, 3.8) is 0 Å². The molecule has 0 atom stereocenters. The molecule has 0 aromatic heterocycles. The molecular formula is C20H12O. The Morgan fingerprint density at radius 2 is 1.38 bits per heavy atom. The summed E-state index contributed by atoms with van der Waals surface area (Å²) in [5.74, 6) is 1.92. The van der Waals surface area contributed by atoms with Gasteiger partial charge in [-0.2, -0.15) is 0 Å². The monoisotopic (exact) mass is 268 g/mol. The summed E-state index contributed by atoms with van der Waals surface area (Å²) >= 11 is 0. The maximum Gasteiger partial charge on any atom is 0.143 e. The highest BCUT2D eigenvalue weighted by molar-refractivity contribution is 6.07. The van der Waals surface area contributed by atoms with Crippen LogP contribution < -0.4 is 4.74 Å². The third-order valence-corrected chi connectivity index (χ3v) is 4.25. The van der Waals surface area contributed by atoms with Gasteiger partial charge in [-0.3, -0.25) is 0 Å². The van der Waals surface area contributed by atoms with Gasteiger partial charge in [-0.1, -0.05) is 60.7 Å². The summed E-state index contributed by atoms with van der Waals surface area (Å²) in [5.41, 5.74) is 2.44. The Kier molecular flexibility index (Phi) is 2.01. The van der Waals surface area contributed by atoms with E-state index in [1.807, 2.05) is 0 Å². The van der Waals surface area contributed by atoms with Gasteiger partial charge in [0.05, 0.1) is 0 Å². The van der Waals surface area contributed by atoms with Gasteiger partial charge in [0.1, 0.15) is 11.5 Å². The second-order valence-corrected chi connectivity index (χ2v) is 5.43. The van der Waals surface area contributed by atoms with Crippen LogP contribution in [0.4, 0.5) is 0 Å². The number of rotatable bonds is 0. The summed E-state index contributed by atoms with van der Waals surface area (Å²) in [6.45, 7) is 0. The summed E-state index contributed by atoms with van der Waals surface area (Å²) in [6.07, 6.45) is 0. The van der Waals surface area contributed by atoms with Crippen molar-refractivity contribution in [2.45, 2.75) is 0 Å². The third kappa shape index (κ3) is 1.40. The molecule has 0 amide bonds. The molecule has 1 nitrogen and oxygen atoms in total. The lowest BCUT2D eigenvalue weighted by molar-refractivity contribution is 0.493. The van der Waals surface area contributed by atoms with Crippen molar-refractivity contribution < 1.29 is 4.74 Å². The van der Waals surface area contributed by atoms with Crippen LogP contribution in [0.25, 0.3) is 32.7 Å². The first-order chi connectivity index (χ1) is 10.4. The molecule has 0 saturated carbocycles. The summed E-state index contributed by atoms with van der Waals surface area (Å²) in [7, 11) is 0. The van der Waals surface area contributed by atoms with Gasteiger partial charge >= 0.3 is 0 Å². The van der Waals surface area contributed by atoms with E-state index in [1.54, 1.807) is 0 Å². The molecule has 0 N–H and O–H groups in total. The highest BCUT2D eigenvalue weighted by Crippen LogP contribution is 2.48. The number of benzene rings is 4. The molecule has 0 unspecified atom stereocenters. The van der Waals surface area contributed by atoms with Crippen LogP contribution in [-0.2, 0) is 0 Å². The van der Waals surface area contributed by atoms with Gasteiger partial charge < -0.3 is 4.74 Å². The molecule has 1 heterocycles. The Labute approximate surface area is 122 Å². The second-order valence-electron chi connectivity index (χ2n) is 5.43. The van der Waals surface area contributed by atoms with Gasteiger partial charge in [0.2, 0.25) is 0 Å².